The molecule has 1 aliphatic heterocycles. The molecule has 0 saturated carbocycles. The molecular weight excluding hydrogens is 353 g/mol. The molecule has 0 unspecified atom stereocenters. The molecule has 26 heavy (non-hydrogen) atoms. The van der Waals surface area contributed by atoms with Crippen LogP contribution in [-0.2, 0) is 6.18 Å². The van der Waals surface area contributed by atoms with E-state index in [1.54, 1.807) is 12.1 Å². The molecule has 0 atom stereocenters. The first kappa shape index (κ1) is 16.3. The molecule has 3 aromatic rings. The Labute approximate surface area is 143 Å². The number of aromatic nitrogens is 2. The second-order valence-corrected chi connectivity index (χ2v) is 5.85. The first-order valence-corrected chi connectivity index (χ1v) is 7.71. The van der Waals surface area contributed by atoms with Crippen molar-refractivity contribution >= 4 is 17.1 Å². The molecule has 2 aromatic carbocycles. The minimum Gasteiger partial charge on any atom is -0.366 e. The molecular formula is C16H11F3N4O3. The summed E-state index contributed by atoms with van der Waals surface area (Å²) in [4.78, 5) is 28.6. The SMILES string of the molecule is O=c1c(Nc2ccc(-c3noc(C(F)(F)F)n3)cc2)c(N2CCC2)c1=O. The average Bonchev–Trinajstić information content (AvgIpc) is 3.07. The molecule has 10 heteroatoms. The second-order valence-electron chi connectivity index (χ2n) is 5.85. The lowest BCUT2D eigenvalue weighted by Gasteiger charge is -2.34. The number of anilines is 3. The van der Waals surface area contributed by atoms with Gasteiger partial charge in [0.2, 0.25) is 5.82 Å². The van der Waals surface area contributed by atoms with E-state index < -0.39 is 22.9 Å². The Hall–Kier alpha value is -3.17. The molecule has 1 saturated heterocycles. The summed E-state index contributed by atoms with van der Waals surface area (Å²) >= 11 is 0. The first-order valence-electron chi connectivity index (χ1n) is 7.71. The number of rotatable bonds is 4. The highest BCUT2D eigenvalue weighted by molar-refractivity contribution is 5.80. The van der Waals surface area contributed by atoms with Gasteiger partial charge in [-0.2, -0.15) is 18.2 Å². The van der Waals surface area contributed by atoms with Gasteiger partial charge in [-0.1, -0.05) is 5.16 Å². The minimum atomic E-state index is -4.70. The Morgan fingerprint density at radius 3 is 2.31 bits per heavy atom. The molecule has 7 nitrogen and oxygen atoms in total. The quantitative estimate of drug-likeness (QED) is 0.711. The minimum absolute atomic E-state index is 0.195. The van der Waals surface area contributed by atoms with E-state index in [9.17, 15) is 22.8 Å². The van der Waals surface area contributed by atoms with Gasteiger partial charge in [-0.05, 0) is 30.7 Å². The van der Waals surface area contributed by atoms with E-state index >= 15 is 0 Å². The fourth-order valence-corrected chi connectivity index (χ4v) is 2.64. The standard InChI is InChI=1S/C16H11F3N4O3/c17-16(18,19)15-21-14(22-26-15)8-2-4-9(5-3-8)20-10-11(13(25)12(10)24)23-6-1-7-23/h2-5,20H,1,6-7H2. The Bertz CT molecular complexity index is 1030. The van der Waals surface area contributed by atoms with E-state index in [1.807, 2.05) is 4.90 Å². The van der Waals surface area contributed by atoms with Gasteiger partial charge in [0.25, 0.3) is 10.9 Å². The number of alkyl halides is 3. The summed E-state index contributed by atoms with van der Waals surface area (Å²) in [6, 6.07) is 6.08. The third-order valence-corrected chi connectivity index (χ3v) is 4.14. The normalized spacial score (nSPS) is 14.5. The van der Waals surface area contributed by atoms with E-state index in [2.05, 4.69) is 20.0 Å². The zero-order valence-electron chi connectivity index (χ0n) is 13.1. The monoisotopic (exact) mass is 364 g/mol. The van der Waals surface area contributed by atoms with Crippen molar-refractivity contribution in [3.8, 4) is 11.4 Å². The number of hydrogen-bond donors (Lipinski definition) is 1. The van der Waals surface area contributed by atoms with Crippen molar-refractivity contribution in [3.05, 3.63) is 50.6 Å². The lowest BCUT2D eigenvalue weighted by molar-refractivity contribution is -0.159. The topological polar surface area (TPSA) is 88.3 Å². The van der Waals surface area contributed by atoms with Crippen molar-refractivity contribution in [1.82, 2.24) is 10.1 Å². The summed E-state index contributed by atoms with van der Waals surface area (Å²) in [7, 11) is 0. The van der Waals surface area contributed by atoms with E-state index in [0.29, 0.717) is 16.9 Å². The molecule has 0 spiro atoms. The van der Waals surface area contributed by atoms with Crippen LogP contribution in [0.1, 0.15) is 12.3 Å². The largest absolute Gasteiger partial charge is 0.471 e. The molecule has 134 valence electrons. The van der Waals surface area contributed by atoms with Crippen LogP contribution >= 0.6 is 0 Å². The summed E-state index contributed by atoms with van der Waals surface area (Å²) < 4.78 is 41.7. The molecule has 1 aliphatic rings. The van der Waals surface area contributed by atoms with Crippen molar-refractivity contribution in [2.45, 2.75) is 12.6 Å². The van der Waals surface area contributed by atoms with Crippen LogP contribution in [0, 0.1) is 0 Å². The maximum atomic E-state index is 12.5. The van der Waals surface area contributed by atoms with Crippen molar-refractivity contribution in [1.29, 1.82) is 0 Å². The molecule has 0 bridgehead atoms. The average molecular weight is 364 g/mol. The molecule has 0 radical (unpaired) electrons. The van der Waals surface area contributed by atoms with Gasteiger partial charge in [0.1, 0.15) is 11.4 Å². The van der Waals surface area contributed by atoms with Crippen LogP contribution in [0.4, 0.5) is 30.2 Å². The van der Waals surface area contributed by atoms with Gasteiger partial charge in [-0.15, -0.1) is 0 Å². The Morgan fingerprint density at radius 1 is 1.08 bits per heavy atom. The van der Waals surface area contributed by atoms with Crippen molar-refractivity contribution < 1.29 is 17.7 Å². The maximum absolute atomic E-state index is 12.5. The third-order valence-electron chi connectivity index (χ3n) is 4.14. The van der Waals surface area contributed by atoms with Crippen LogP contribution < -0.4 is 21.1 Å². The summed E-state index contributed by atoms with van der Waals surface area (Å²) in [6.45, 7) is 1.47. The van der Waals surface area contributed by atoms with Gasteiger partial charge in [0, 0.05) is 24.3 Å². The van der Waals surface area contributed by atoms with Gasteiger partial charge < -0.3 is 14.7 Å². The van der Waals surface area contributed by atoms with Gasteiger partial charge in [0.05, 0.1) is 0 Å². The van der Waals surface area contributed by atoms with Crippen molar-refractivity contribution in [2.75, 3.05) is 23.3 Å². The number of nitrogens with zero attached hydrogens (tertiary/aromatic N) is 3. The van der Waals surface area contributed by atoms with Crippen molar-refractivity contribution in [2.24, 2.45) is 0 Å². The highest BCUT2D eigenvalue weighted by Crippen LogP contribution is 2.31. The molecule has 1 aromatic heterocycles. The molecule has 1 fully saturated rings. The number of hydrogen-bond acceptors (Lipinski definition) is 7. The van der Waals surface area contributed by atoms with Crippen LogP contribution in [-0.4, -0.2) is 23.2 Å². The highest BCUT2D eigenvalue weighted by atomic mass is 19.4. The van der Waals surface area contributed by atoms with Gasteiger partial charge >= 0.3 is 12.1 Å². The maximum Gasteiger partial charge on any atom is 0.471 e. The lowest BCUT2D eigenvalue weighted by Crippen LogP contribution is -2.47. The molecule has 2 heterocycles. The highest BCUT2D eigenvalue weighted by Gasteiger charge is 2.38. The van der Waals surface area contributed by atoms with Gasteiger partial charge in [0.15, 0.2) is 0 Å². The van der Waals surface area contributed by atoms with E-state index in [4.69, 9.17) is 0 Å². The van der Waals surface area contributed by atoms with E-state index in [-0.39, 0.29) is 11.5 Å². The predicted molar refractivity (Wildman–Crippen MR) is 86.2 cm³/mol. The molecule has 0 amide bonds. The summed E-state index contributed by atoms with van der Waals surface area (Å²) in [5.41, 5.74) is 0.379. The second kappa shape index (κ2) is 5.68. The number of halogens is 3. The molecule has 1 N–H and O–H groups in total. The molecule has 0 aliphatic carbocycles. The summed E-state index contributed by atoms with van der Waals surface area (Å²) in [6.07, 6.45) is -3.73. The summed E-state index contributed by atoms with van der Waals surface area (Å²) in [5.74, 6) is -1.61. The lowest BCUT2D eigenvalue weighted by atomic mass is 10.1. The Morgan fingerprint density at radius 2 is 1.77 bits per heavy atom. The Kier molecular flexibility index (Phi) is 3.56. The molecule has 4 rings (SSSR count). The Balaban J connectivity index is 1.54. The van der Waals surface area contributed by atoms with Crippen LogP contribution in [0.2, 0.25) is 0 Å². The zero-order chi connectivity index (χ0) is 18.5. The van der Waals surface area contributed by atoms with Crippen LogP contribution in [0.5, 0.6) is 0 Å². The fourth-order valence-electron chi connectivity index (χ4n) is 2.64. The van der Waals surface area contributed by atoms with Crippen LogP contribution in [0.15, 0.2) is 38.4 Å². The summed E-state index contributed by atoms with van der Waals surface area (Å²) in [5, 5.41) is 6.19. The number of benzene rings is 1. The zero-order valence-corrected chi connectivity index (χ0v) is 13.1. The number of nitrogens with one attached hydrogen (secondary N) is 1. The smallest absolute Gasteiger partial charge is 0.366 e. The van der Waals surface area contributed by atoms with Gasteiger partial charge in [-0.3, -0.25) is 9.59 Å². The fraction of sp³-hybridized carbons (Fsp3) is 0.250. The van der Waals surface area contributed by atoms with Crippen molar-refractivity contribution in [3.63, 3.8) is 0 Å². The van der Waals surface area contributed by atoms with E-state index in [0.717, 1.165) is 19.5 Å². The first-order chi connectivity index (χ1) is 12.3. The van der Waals surface area contributed by atoms with Crippen LogP contribution in [0.3, 0.4) is 0 Å². The predicted octanol–water partition coefficient (Wildman–Crippen LogP) is 2.31. The third kappa shape index (κ3) is 2.63. The van der Waals surface area contributed by atoms with Crippen LogP contribution in [0.25, 0.3) is 11.4 Å². The van der Waals surface area contributed by atoms with Gasteiger partial charge in [-0.25, -0.2) is 0 Å². The van der Waals surface area contributed by atoms with E-state index in [1.165, 1.54) is 12.1 Å².